The van der Waals surface area contributed by atoms with E-state index in [1.165, 1.54) is 4.31 Å². The van der Waals surface area contributed by atoms with Crippen molar-refractivity contribution in [3.8, 4) is 0 Å². The second kappa shape index (κ2) is 6.55. The van der Waals surface area contributed by atoms with E-state index in [0.717, 1.165) is 18.4 Å². The zero-order valence-electron chi connectivity index (χ0n) is 11.1. The average molecular weight is 290 g/mol. The van der Waals surface area contributed by atoms with Crippen LogP contribution in [0.3, 0.4) is 0 Å². The van der Waals surface area contributed by atoms with Crippen LogP contribution in [0.25, 0.3) is 0 Å². The minimum atomic E-state index is -3.39. The lowest BCUT2D eigenvalue weighted by atomic mass is 10.2. The number of sulfonamides is 1. The van der Waals surface area contributed by atoms with Crippen LogP contribution in [0.15, 0.2) is 23.1 Å². The molecule has 0 aliphatic heterocycles. The highest BCUT2D eigenvalue weighted by molar-refractivity contribution is 7.89. The molecule has 0 heterocycles. The topological polar surface area (TPSA) is 37.4 Å². The number of benzene rings is 1. The van der Waals surface area contributed by atoms with Crippen LogP contribution in [0.5, 0.6) is 0 Å². The molecule has 0 atom stereocenters. The Kier molecular flexibility index (Phi) is 5.63. The van der Waals surface area contributed by atoms with Gasteiger partial charge in [-0.15, -0.1) is 0 Å². The second-order valence-corrected chi connectivity index (χ2v) is 6.66. The summed E-state index contributed by atoms with van der Waals surface area (Å²) in [6.07, 6.45) is 1.62. The average Bonchev–Trinajstić information content (AvgIpc) is 2.32. The van der Waals surface area contributed by atoms with Gasteiger partial charge in [-0.1, -0.05) is 25.4 Å². The molecule has 0 fully saturated rings. The van der Waals surface area contributed by atoms with Gasteiger partial charge in [0.2, 0.25) is 10.0 Å². The van der Waals surface area contributed by atoms with Crippen molar-refractivity contribution in [1.82, 2.24) is 4.31 Å². The standard InChI is InChI=1S/C13H20ClNO2S/c1-4-8-15(9-5-2)18(16,17)12-6-7-13(14)11(3)10-12/h6-7,10H,4-5,8-9H2,1-3H3. The van der Waals surface area contributed by atoms with E-state index in [2.05, 4.69) is 0 Å². The SMILES string of the molecule is CCCN(CCC)S(=O)(=O)c1ccc(Cl)c(C)c1. The molecule has 3 nitrogen and oxygen atoms in total. The van der Waals surface area contributed by atoms with Crippen molar-refractivity contribution in [3.63, 3.8) is 0 Å². The van der Waals surface area contributed by atoms with E-state index >= 15 is 0 Å². The molecule has 1 rings (SSSR count). The van der Waals surface area contributed by atoms with Crippen molar-refractivity contribution in [1.29, 1.82) is 0 Å². The summed E-state index contributed by atoms with van der Waals surface area (Å²) in [7, 11) is -3.39. The third-order valence-electron chi connectivity index (χ3n) is 2.71. The summed E-state index contributed by atoms with van der Waals surface area (Å²) in [6.45, 7) is 6.87. The molecule has 0 aliphatic rings. The maximum absolute atomic E-state index is 12.5. The highest BCUT2D eigenvalue weighted by atomic mass is 35.5. The Labute approximate surface area is 115 Å². The third kappa shape index (κ3) is 3.46. The summed E-state index contributed by atoms with van der Waals surface area (Å²) in [6, 6.07) is 4.85. The molecule has 0 amide bonds. The smallest absolute Gasteiger partial charge is 0.207 e. The quantitative estimate of drug-likeness (QED) is 0.804. The van der Waals surface area contributed by atoms with E-state index in [4.69, 9.17) is 11.6 Å². The van der Waals surface area contributed by atoms with Crippen LogP contribution in [0.1, 0.15) is 32.3 Å². The number of halogens is 1. The predicted molar refractivity (Wildman–Crippen MR) is 75.5 cm³/mol. The molecule has 0 aromatic heterocycles. The van der Waals surface area contributed by atoms with Crippen LogP contribution < -0.4 is 0 Å². The molecular weight excluding hydrogens is 270 g/mol. The van der Waals surface area contributed by atoms with Crippen LogP contribution in [0.4, 0.5) is 0 Å². The number of aryl methyl sites for hydroxylation is 1. The van der Waals surface area contributed by atoms with Gasteiger partial charge in [0.25, 0.3) is 0 Å². The minimum Gasteiger partial charge on any atom is -0.207 e. The summed E-state index contributed by atoms with van der Waals surface area (Å²) >= 11 is 5.92. The number of hydrogen-bond acceptors (Lipinski definition) is 2. The Morgan fingerprint density at radius 1 is 1.17 bits per heavy atom. The van der Waals surface area contributed by atoms with Crippen molar-refractivity contribution in [2.45, 2.75) is 38.5 Å². The zero-order valence-corrected chi connectivity index (χ0v) is 12.7. The highest BCUT2D eigenvalue weighted by Crippen LogP contribution is 2.22. The van der Waals surface area contributed by atoms with Gasteiger partial charge in [0.15, 0.2) is 0 Å². The van der Waals surface area contributed by atoms with Crippen LogP contribution in [0.2, 0.25) is 5.02 Å². The van der Waals surface area contributed by atoms with Gasteiger partial charge in [-0.05, 0) is 43.5 Å². The molecule has 5 heteroatoms. The molecule has 1 aromatic rings. The first-order chi connectivity index (χ1) is 8.43. The van der Waals surface area contributed by atoms with Crippen LogP contribution in [-0.2, 0) is 10.0 Å². The Bertz CT molecular complexity index is 494. The molecule has 0 bridgehead atoms. The van der Waals surface area contributed by atoms with Crippen molar-refractivity contribution in [3.05, 3.63) is 28.8 Å². The van der Waals surface area contributed by atoms with Gasteiger partial charge in [0.05, 0.1) is 4.90 Å². The Morgan fingerprint density at radius 2 is 1.72 bits per heavy atom. The first-order valence-corrected chi connectivity index (χ1v) is 8.01. The van der Waals surface area contributed by atoms with Crippen molar-refractivity contribution in [2.24, 2.45) is 0 Å². The van der Waals surface area contributed by atoms with E-state index in [1.807, 2.05) is 20.8 Å². The van der Waals surface area contributed by atoms with E-state index in [9.17, 15) is 8.42 Å². The lowest BCUT2D eigenvalue weighted by molar-refractivity contribution is 0.410. The predicted octanol–water partition coefficient (Wildman–Crippen LogP) is 3.46. The van der Waals surface area contributed by atoms with E-state index in [0.29, 0.717) is 23.0 Å². The fraction of sp³-hybridized carbons (Fsp3) is 0.538. The molecular formula is C13H20ClNO2S. The van der Waals surface area contributed by atoms with Gasteiger partial charge < -0.3 is 0 Å². The molecule has 1 aromatic carbocycles. The van der Waals surface area contributed by atoms with Crippen LogP contribution in [0, 0.1) is 6.92 Å². The van der Waals surface area contributed by atoms with Crippen LogP contribution >= 0.6 is 11.6 Å². The maximum atomic E-state index is 12.5. The van der Waals surface area contributed by atoms with Crippen molar-refractivity contribution >= 4 is 21.6 Å². The third-order valence-corrected chi connectivity index (χ3v) is 5.03. The lowest BCUT2D eigenvalue weighted by Gasteiger charge is -2.21. The highest BCUT2D eigenvalue weighted by Gasteiger charge is 2.23. The summed E-state index contributed by atoms with van der Waals surface area (Å²) in [4.78, 5) is 0.325. The first-order valence-electron chi connectivity index (χ1n) is 6.19. The first kappa shape index (κ1) is 15.5. The summed E-state index contributed by atoms with van der Waals surface area (Å²) in [5, 5.41) is 0.589. The van der Waals surface area contributed by atoms with E-state index in [-0.39, 0.29) is 0 Å². The Hall–Kier alpha value is -0.580. The molecule has 0 unspecified atom stereocenters. The zero-order chi connectivity index (χ0) is 13.8. The lowest BCUT2D eigenvalue weighted by Crippen LogP contribution is -2.32. The Balaban J connectivity index is 3.13. The molecule has 0 aliphatic carbocycles. The summed E-state index contributed by atoms with van der Waals surface area (Å²) < 4.78 is 26.5. The van der Waals surface area contributed by atoms with E-state index in [1.54, 1.807) is 18.2 Å². The summed E-state index contributed by atoms with van der Waals surface area (Å²) in [5.74, 6) is 0. The minimum absolute atomic E-state index is 0.325. The molecule has 0 radical (unpaired) electrons. The van der Waals surface area contributed by atoms with Crippen molar-refractivity contribution < 1.29 is 8.42 Å². The van der Waals surface area contributed by atoms with Crippen molar-refractivity contribution in [2.75, 3.05) is 13.1 Å². The fourth-order valence-electron chi connectivity index (χ4n) is 1.78. The van der Waals surface area contributed by atoms with Gasteiger partial charge in [0.1, 0.15) is 0 Å². The number of rotatable bonds is 6. The second-order valence-electron chi connectivity index (χ2n) is 4.32. The van der Waals surface area contributed by atoms with Gasteiger partial charge in [-0.2, -0.15) is 4.31 Å². The fourth-order valence-corrected chi connectivity index (χ4v) is 3.60. The maximum Gasteiger partial charge on any atom is 0.243 e. The molecule has 0 N–H and O–H groups in total. The Morgan fingerprint density at radius 3 is 2.17 bits per heavy atom. The van der Waals surface area contributed by atoms with E-state index < -0.39 is 10.0 Å². The molecule has 102 valence electrons. The monoisotopic (exact) mass is 289 g/mol. The summed E-state index contributed by atoms with van der Waals surface area (Å²) in [5.41, 5.74) is 0.783. The number of nitrogens with zero attached hydrogens (tertiary/aromatic N) is 1. The normalized spacial score (nSPS) is 12.1. The number of hydrogen-bond donors (Lipinski definition) is 0. The van der Waals surface area contributed by atoms with Gasteiger partial charge in [-0.25, -0.2) is 8.42 Å². The van der Waals surface area contributed by atoms with Gasteiger partial charge in [0, 0.05) is 18.1 Å². The molecule has 0 saturated heterocycles. The largest absolute Gasteiger partial charge is 0.243 e. The van der Waals surface area contributed by atoms with Gasteiger partial charge in [-0.3, -0.25) is 0 Å². The van der Waals surface area contributed by atoms with Gasteiger partial charge >= 0.3 is 0 Å². The molecule has 0 saturated carbocycles. The molecule has 0 spiro atoms. The van der Waals surface area contributed by atoms with Crippen LogP contribution in [-0.4, -0.2) is 25.8 Å². The molecule has 18 heavy (non-hydrogen) atoms.